The second kappa shape index (κ2) is 23.6. The standard InChI is InChI=1S/C50H68FN9O6S2/c1-31-45(68-30-54-31)33-16-14-32(15-17-33)26-53-47(64)40-25-36(61)27-60(40)49(66)46(50(2,3)4)58-42(62)13-7-5-6-10-20-52-43(63)28-59-21-18-37(19-22-59)67-29-41-56-39-24-35(55-34-11-8-9-12-34)23-38(51)44(39)48(65)57-41/h14-17,23-24,30,34,36-37,40,46,55,61H,5-13,18-22,25-29H2,1-4H3,(H,52,63)(H,53,64)(H,58,62)(H,56,57,65)/t36?,40?,46-/m1/s1. The van der Waals surface area contributed by atoms with Crippen molar-refractivity contribution in [2.24, 2.45) is 5.41 Å². The lowest BCUT2D eigenvalue weighted by Crippen LogP contribution is -2.57. The van der Waals surface area contributed by atoms with Crippen molar-refractivity contribution in [2.45, 2.75) is 147 Å². The van der Waals surface area contributed by atoms with Crippen LogP contribution in [0, 0.1) is 18.2 Å². The molecule has 4 amide bonds. The van der Waals surface area contributed by atoms with Crippen LogP contribution in [0.2, 0.25) is 0 Å². The average Bonchev–Trinajstić information content (AvgIpc) is 4.08. The number of aromatic amines is 1. The van der Waals surface area contributed by atoms with Crippen LogP contribution in [-0.2, 0) is 31.5 Å². The number of thioether (sulfide) groups is 1. The predicted octanol–water partition coefficient (Wildman–Crippen LogP) is 6.42. The summed E-state index contributed by atoms with van der Waals surface area (Å²) < 4.78 is 14.9. The summed E-state index contributed by atoms with van der Waals surface area (Å²) in [6, 6.07) is 9.64. The Morgan fingerprint density at radius 1 is 0.985 bits per heavy atom. The highest BCUT2D eigenvalue weighted by molar-refractivity contribution is 7.99. The summed E-state index contributed by atoms with van der Waals surface area (Å²) in [5.41, 5.74) is 4.66. The monoisotopic (exact) mass is 973 g/mol. The largest absolute Gasteiger partial charge is 0.391 e. The molecular weight excluding hydrogens is 906 g/mol. The Labute approximate surface area is 406 Å². The number of anilines is 1. The molecule has 15 nitrogen and oxygen atoms in total. The molecule has 0 spiro atoms. The molecule has 18 heteroatoms. The van der Waals surface area contributed by atoms with Crippen LogP contribution in [0.4, 0.5) is 10.1 Å². The van der Waals surface area contributed by atoms with Gasteiger partial charge in [0.25, 0.3) is 5.56 Å². The minimum absolute atomic E-state index is 0.0114. The van der Waals surface area contributed by atoms with Gasteiger partial charge in [0.1, 0.15) is 29.1 Å². The van der Waals surface area contributed by atoms with Crippen molar-refractivity contribution in [3.63, 3.8) is 0 Å². The zero-order chi connectivity index (χ0) is 48.4. The van der Waals surface area contributed by atoms with Crippen molar-refractivity contribution in [1.29, 1.82) is 0 Å². The number of piperidine rings is 1. The number of unbranched alkanes of at least 4 members (excludes halogenated alkanes) is 3. The van der Waals surface area contributed by atoms with E-state index in [-0.39, 0.29) is 54.9 Å². The van der Waals surface area contributed by atoms with Gasteiger partial charge in [0.2, 0.25) is 23.6 Å². The summed E-state index contributed by atoms with van der Waals surface area (Å²) in [5, 5.41) is 23.2. The maximum atomic E-state index is 14.9. The first-order valence-corrected chi connectivity index (χ1v) is 26.2. The second-order valence-electron chi connectivity index (χ2n) is 19.7. The summed E-state index contributed by atoms with van der Waals surface area (Å²) in [5.74, 6) is -0.519. The van der Waals surface area contributed by atoms with Crippen LogP contribution in [0.25, 0.3) is 21.3 Å². The Kier molecular flexibility index (Phi) is 17.7. The zero-order valence-electron chi connectivity index (χ0n) is 39.8. The lowest BCUT2D eigenvalue weighted by molar-refractivity contribution is -0.144. The number of amides is 4. The number of benzene rings is 2. The van der Waals surface area contributed by atoms with E-state index in [9.17, 15) is 33.5 Å². The van der Waals surface area contributed by atoms with Crippen molar-refractivity contribution in [3.05, 3.63) is 75.2 Å². The molecule has 4 heterocycles. The molecule has 3 atom stereocenters. The Balaban J connectivity index is 0.762. The molecule has 2 aromatic heterocycles. The lowest BCUT2D eigenvalue weighted by Gasteiger charge is -2.35. The number of β-amino-alcohol motifs (C(OH)–C–C–N with tert-alkyl or cyclic N) is 1. The van der Waals surface area contributed by atoms with Crippen LogP contribution in [0.5, 0.6) is 0 Å². The first-order valence-electron chi connectivity index (χ1n) is 24.3. The second-order valence-corrected chi connectivity index (χ2v) is 21.9. The van der Waals surface area contributed by atoms with Gasteiger partial charge in [-0.1, -0.05) is 70.7 Å². The molecule has 2 unspecified atom stereocenters. The van der Waals surface area contributed by atoms with Crippen LogP contribution in [-0.4, -0.2) is 116 Å². The van der Waals surface area contributed by atoms with Gasteiger partial charge in [-0.2, -0.15) is 11.8 Å². The number of aryl methyl sites for hydroxylation is 1. The lowest BCUT2D eigenvalue weighted by atomic mass is 9.85. The van der Waals surface area contributed by atoms with Crippen LogP contribution < -0.4 is 26.8 Å². The normalized spacial score (nSPS) is 18.8. The number of carbonyl (C=O) groups is 4. The Bertz CT molecular complexity index is 2430. The van der Waals surface area contributed by atoms with E-state index in [4.69, 9.17) is 0 Å². The maximum absolute atomic E-state index is 14.9. The number of hydrogen-bond acceptors (Lipinski definition) is 12. The van der Waals surface area contributed by atoms with E-state index >= 15 is 0 Å². The number of H-pyrrole nitrogens is 1. The van der Waals surface area contributed by atoms with Crippen molar-refractivity contribution in [2.75, 3.05) is 38.0 Å². The number of aliphatic hydroxyl groups is 1. The number of aliphatic hydroxyl groups excluding tert-OH is 1. The molecule has 0 bridgehead atoms. The number of halogens is 1. The molecule has 1 saturated carbocycles. The molecule has 3 aliphatic rings. The highest BCUT2D eigenvalue weighted by Gasteiger charge is 2.44. The van der Waals surface area contributed by atoms with Gasteiger partial charge < -0.3 is 36.3 Å². The number of hydrogen-bond donors (Lipinski definition) is 6. The zero-order valence-corrected chi connectivity index (χ0v) is 41.5. The van der Waals surface area contributed by atoms with Gasteiger partial charge >= 0.3 is 0 Å². The predicted molar refractivity (Wildman–Crippen MR) is 267 cm³/mol. The van der Waals surface area contributed by atoms with E-state index in [0.29, 0.717) is 53.6 Å². The quantitative estimate of drug-likeness (QED) is 0.0534. The third kappa shape index (κ3) is 13.9. The van der Waals surface area contributed by atoms with Gasteiger partial charge in [0.15, 0.2) is 0 Å². The number of fused-ring (bicyclic) bond motifs is 1. The average molecular weight is 974 g/mol. The van der Waals surface area contributed by atoms with Gasteiger partial charge in [0.05, 0.1) is 40.0 Å². The molecule has 68 heavy (non-hydrogen) atoms. The van der Waals surface area contributed by atoms with Gasteiger partial charge in [0, 0.05) is 49.5 Å². The number of nitrogens with one attached hydrogen (secondary N) is 5. The first-order chi connectivity index (χ1) is 32.6. The molecule has 3 fully saturated rings. The van der Waals surface area contributed by atoms with E-state index in [0.717, 1.165) is 92.6 Å². The summed E-state index contributed by atoms with van der Waals surface area (Å²) in [6.07, 6.45) is 8.78. The van der Waals surface area contributed by atoms with Gasteiger partial charge in [-0.05, 0) is 87.2 Å². The van der Waals surface area contributed by atoms with Gasteiger partial charge in [-0.15, -0.1) is 11.3 Å². The fourth-order valence-corrected chi connectivity index (χ4v) is 11.3. The van der Waals surface area contributed by atoms with Gasteiger partial charge in [-0.25, -0.2) is 14.4 Å². The van der Waals surface area contributed by atoms with Crippen molar-refractivity contribution >= 4 is 63.3 Å². The molecule has 7 rings (SSSR count). The van der Waals surface area contributed by atoms with Crippen molar-refractivity contribution < 1.29 is 28.7 Å². The molecular formula is C50H68FN9O6S2. The molecule has 368 valence electrons. The number of likely N-dealkylation sites (tertiary alicyclic amines) is 2. The molecule has 0 radical (unpaired) electrons. The van der Waals surface area contributed by atoms with Gasteiger partial charge in [-0.3, -0.25) is 28.9 Å². The summed E-state index contributed by atoms with van der Waals surface area (Å²) in [6.45, 7) is 10.3. The summed E-state index contributed by atoms with van der Waals surface area (Å²) >= 11 is 3.30. The number of carbonyl (C=O) groups excluding carboxylic acids is 4. The van der Waals surface area contributed by atoms with Crippen LogP contribution >= 0.6 is 23.1 Å². The third-order valence-corrected chi connectivity index (χ3v) is 15.6. The Hall–Kier alpha value is -4.91. The molecule has 1 aliphatic carbocycles. The van der Waals surface area contributed by atoms with E-state index < -0.39 is 35.0 Å². The molecule has 6 N–H and O–H groups in total. The van der Waals surface area contributed by atoms with E-state index in [1.54, 1.807) is 29.2 Å². The Morgan fingerprint density at radius 2 is 1.72 bits per heavy atom. The molecule has 4 aromatic rings. The minimum Gasteiger partial charge on any atom is -0.391 e. The number of thiazole rings is 1. The fourth-order valence-electron chi connectivity index (χ4n) is 9.42. The molecule has 2 saturated heterocycles. The minimum atomic E-state index is -0.886. The number of aromatic nitrogens is 3. The highest BCUT2D eigenvalue weighted by atomic mass is 32.2. The van der Waals surface area contributed by atoms with E-state index in [1.165, 1.54) is 11.0 Å². The number of rotatable bonds is 20. The Morgan fingerprint density at radius 3 is 2.43 bits per heavy atom. The van der Waals surface area contributed by atoms with Crippen LogP contribution in [0.1, 0.15) is 115 Å². The van der Waals surface area contributed by atoms with E-state index in [2.05, 4.69) is 41.1 Å². The topological polar surface area (TPSA) is 202 Å². The smallest absolute Gasteiger partial charge is 0.261 e. The summed E-state index contributed by atoms with van der Waals surface area (Å²) in [4.78, 5) is 82.6. The SMILES string of the molecule is Cc1ncsc1-c1ccc(CNC(=O)C2CC(O)CN2C(=O)[C@@H](NC(=O)CCCCCCNC(=O)CN2CCC(SCc3nc4cc(NC5CCCC5)cc(F)c4c(=O)[nH]3)CC2)C(C)(C)C)cc1. The molecule has 2 aliphatic heterocycles. The van der Waals surface area contributed by atoms with E-state index in [1.807, 2.05) is 57.5 Å². The number of nitrogens with zero attached hydrogens (tertiary/aromatic N) is 4. The van der Waals surface area contributed by atoms with Crippen LogP contribution in [0.3, 0.4) is 0 Å². The highest BCUT2D eigenvalue weighted by Crippen LogP contribution is 2.30. The molecule has 2 aromatic carbocycles. The van der Waals surface area contributed by atoms with Crippen LogP contribution in [0.15, 0.2) is 46.7 Å². The van der Waals surface area contributed by atoms with Crippen molar-refractivity contribution in [3.8, 4) is 10.4 Å². The maximum Gasteiger partial charge on any atom is 0.261 e. The summed E-state index contributed by atoms with van der Waals surface area (Å²) in [7, 11) is 0. The third-order valence-electron chi connectivity index (χ3n) is 13.3. The first kappa shape index (κ1) is 51.0. The fraction of sp³-hybridized carbons (Fsp3) is 0.580. The van der Waals surface area contributed by atoms with Crippen molar-refractivity contribution in [1.82, 2.24) is 40.7 Å².